The van der Waals surface area contributed by atoms with Crippen LogP contribution in [-0.4, -0.2) is 50.0 Å². The quantitative estimate of drug-likeness (QED) is 0.571. The summed E-state index contributed by atoms with van der Waals surface area (Å²) >= 11 is 0. The van der Waals surface area contributed by atoms with Crippen LogP contribution in [-0.2, 0) is 0 Å². The van der Waals surface area contributed by atoms with Crippen molar-refractivity contribution in [3.05, 3.63) is 72.3 Å². The van der Waals surface area contributed by atoms with Gasteiger partial charge in [-0.05, 0) is 55.5 Å². The van der Waals surface area contributed by atoms with Gasteiger partial charge in [-0.25, -0.2) is 0 Å². The lowest BCUT2D eigenvalue weighted by Crippen LogP contribution is -2.25. The molecule has 0 spiro atoms. The number of allylic oxidation sites excluding steroid dienone is 2. The van der Waals surface area contributed by atoms with Crippen molar-refractivity contribution in [1.82, 2.24) is 15.2 Å². The minimum Gasteiger partial charge on any atom is -0.389 e. The van der Waals surface area contributed by atoms with E-state index in [0.717, 1.165) is 42.3 Å². The van der Waals surface area contributed by atoms with Gasteiger partial charge in [-0.2, -0.15) is 0 Å². The van der Waals surface area contributed by atoms with Gasteiger partial charge in [0.2, 0.25) is 0 Å². The Bertz CT molecular complexity index is 956. The van der Waals surface area contributed by atoms with E-state index >= 15 is 0 Å². The SMILES string of the molecule is C=C(C)NCC1CC(=C)N(c2ccc(-c3ccc(C(=NC)N(C)C)nc3)cc2C)C1. The van der Waals surface area contributed by atoms with E-state index in [9.17, 15) is 0 Å². The largest absolute Gasteiger partial charge is 0.389 e. The second kappa shape index (κ2) is 9.16. The third-order valence-electron chi connectivity index (χ3n) is 5.49. The molecule has 1 atom stereocenters. The predicted octanol–water partition coefficient (Wildman–Crippen LogP) is 4.46. The van der Waals surface area contributed by atoms with Crippen LogP contribution >= 0.6 is 0 Å². The molecule has 0 aliphatic carbocycles. The fraction of sp³-hybridized carbons (Fsp3) is 0.360. The summed E-state index contributed by atoms with van der Waals surface area (Å²) < 4.78 is 0. The smallest absolute Gasteiger partial charge is 0.149 e. The molecular weight excluding hydrogens is 370 g/mol. The molecule has 158 valence electrons. The summed E-state index contributed by atoms with van der Waals surface area (Å²) in [6.07, 6.45) is 2.94. The first-order chi connectivity index (χ1) is 14.3. The van der Waals surface area contributed by atoms with Gasteiger partial charge >= 0.3 is 0 Å². The Hall–Kier alpha value is -3.08. The van der Waals surface area contributed by atoms with Crippen LogP contribution in [0, 0.1) is 12.8 Å². The van der Waals surface area contributed by atoms with Gasteiger partial charge in [-0.1, -0.05) is 25.3 Å². The van der Waals surface area contributed by atoms with Crippen LogP contribution in [0.4, 0.5) is 5.69 Å². The van der Waals surface area contributed by atoms with Crippen LogP contribution in [0.2, 0.25) is 0 Å². The minimum atomic E-state index is 0.552. The van der Waals surface area contributed by atoms with Crippen molar-refractivity contribution in [3.8, 4) is 11.1 Å². The van der Waals surface area contributed by atoms with Crippen LogP contribution < -0.4 is 10.2 Å². The van der Waals surface area contributed by atoms with Crippen molar-refractivity contribution in [2.75, 3.05) is 39.1 Å². The molecule has 0 saturated carbocycles. The zero-order valence-corrected chi connectivity index (χ0v) is 18.9. The first kappa shape index (κ1) is 21.6. The van der Waals surface area contributed by atoms with Gasteiger partial charge < -0.3 is 15.1 Å². The molecule has 5 heteroatoms. The Labute approximate surface area is 180 Å². The molecular formula is C25H33N5. The molecule has 2 heterocycles. The Morgan fingerprint density at radius 2 is 2.00 bits per heavy atom. The van der Waals surface area contributed by atoms with Gasteiger partial charge in [-0.15, -0.1) is 0 Å². The summed E-state index contributed by atoms with van der Waals surface area (Å²) in [4.78, 5) is 13.3. The molecule has 1 saturated heterocycles. The lowest BCUT2D eigenvalue weighted by Gasteiger charge is -2.23. The first-order valence-electron chi connectivity index (χ1n) is 10.4. The summed E-state index contributed by atoms with van der Waals surface area (Å²) in [5.74, 6) is 1.42. The van der Waals surface area contributed by atoms with Crippen molar-refractivity contribution in [1.29, 1.82) is 0 Å². The molecule has 1 unspecified atom stereocenters. The molecule has 5 nitrogen and oxygen atoms in total. The van der Waals surface area contributed by atoms with Crippen molar-refractivity contribution in [3.63, 3.8) is 0 Å². The molecule has 1 N–H and O–H groups in total. The van der Waals surface area contributed by atoms with Gasteiger partial charge in [0.15, 0.2) is 0 Å². The number of nitrogens with one attached hydrogen (secondary N) is 1. The van der Waals surface area contributed by atoms with Crippen LogP contribution in [0.15, 0.2) is 66.1 Å². The van der Waals surface area contributed by atoms with E-state index in [0.29, 0.717) is 5.92 Å². The van der Waals surface area contributed by atoms with Crippen molar-refractivity contribution in [2.45, 2.75) is 20.3 Å². The van der Waals surface area contributed by atoms with Gasteiger partial charge in [0.05, 0.1) is 0 Å². The van der Waals surface area contributed by atoms with Gasteiger partial charge in [0, 0.05) is 63.1 Å². The number of hydrogen-bond donors (Lipinski definition) is 1. The number of aliphatic imine (C=N–C) groups is 1. The van der Waals surface area contributed by atoms with Crippen LogP contribution in [0.1, 0.15) is 24.6 Å². The Kier molecular flexibility index (Phi) is 6.60. The number of aromatic nitrogens is 1. The van der Waals surface area contributed by atoms with Crippen LogP contribution in [0.25, 0.3) is 11.1 Å². The summed E-state index contributed by atoms with van der Waals surface area (Å²) in [5, 5.41) is 3.37. The molecule has 1 aromatic carbocycles. The summed E-state index contributed by atoms with van der Waals surface area (Å²) in [6.45, 7) is 14.3. The average molecular weight is 404 g/mol. The Balaban J connectivity index is 1.77. The number of aryl methyl sites for hydroxylation is 1. The van der Waals surface area contributed by atoms with E-state index in [2.05, 4.69) is 64.5 Å². The van der Waals surface area contributed by atoms with Gasteiger partial charge in [0.1, 0.15) is 11.5 Å². The molecule has 30 heavy (non-hydrogen) atoms. The highest BCUT2D eigenvalue weighted by Crippen LogP contribution is 2.34. The minimum absolute atomic E-state index is 0.552. The normalized spacial score (nSPS) is 16.7. The number of amidine groups is 1. The van der Waals surface area contributed by atoms with Gasteiger partial charge in [0.25, 0.3) is 0 Å². The van der Waals surface area contributed by atoms with Crippen LogP contribution in [0.3, 0.4) is 0 Å². The molecule has 1 fully saturated rings. The number of hydrogen-bond acceptors (Lipinski definition) is 4. The Morgan fingerprint density at radius 1 is 1.27 bits per heavy atom. The topological polar surface area (TPSA) is 43.8 Å². The molecule has 3 rings (SSSR count). The molecule has 1 aliphatic heterocycles. The zero-order chi connectivity index (χ0) is 21.8. The number of benzene rings is 1. The second-order valence-corrected chi connectivity index (χ2v) is 8.28. The van der Waals surface area contributed by atoms with E-state index in [1.54, 1.807) is 7.05 Å². The first-order valence-corrected chi connectivity index (χ1v) is 10.4. The Morgan fingerprint density at radius 3 is 2.57 bits per heavy atom. The van der Waals surface area contributed by atoms with Gasteiger partial charge in [-0.3, -0.25) is 9.98 Å². The lowest BCUT2D eigenvalue weighted by molar-refractivity contribution is 0.557. The van der Waals surface area contributed by atoms with E-state index in [4.69, 9.17) is 0 Å². The number of nitrogens with zero attached hydrogens (tertiary/aromatic N) is 4. The lowest BCUT2D eigenvalue weighted by atomic mass is 10.0. The maximum Gasteiger partial charge on any atom is 0.149 e. The summed E-state index contributed by atoms with van der Waals surface area (Å²) in [6, 6.07) is 10.8. The highest BCUT2D eigenvalue weighted by Gasteiger charge is 2.27. The maximum absolute atomic E-state index is 4.62. The van der Waals surface area contributed by atoms with Crippen molar-refractivity contribution >= 4 is 11.5 Å². The summed E-state index contributed by atoms with van der Waals surface area (Å²) in [5.41, 5.74) is 7.83. The zero-order valence-electron chi connectivity index (χ0n) is 18.9. The van der Waals surface area contributed by atoms with E-state index in [1.165, 1.54) is 22.5 Å². The third kappa shape index (κ3) is 4.73. The van der Waals surface area contributed by atoms with Crippen molar-refractivity contribution in [2.24, 2.45) is 10.9 Å². The standard InChI is InChI=1S/C25H33N5/c1-17(2)27-14-20-13-19(4)30(16-20)24-11-9-21(12-18(24)3)22-8-10-23(28-15-22)25(26-5)29(6)7/h8-12,15,20,27H,1,4,13-14,16H2,2-3,5-7H3. The van der Waals surface area contributed by atoms with E-state index in [-0.39, 0.29) is 0 Å². The van der Waals surface area contributed by atoms with E-state index < -0.39 is 0 Å². The molecule has 1 aromatic heterocycles. The second-order valence-electron chi connectivity index (χ2n) is 8.28. The number of rotatable bonds is 6. The highest BCUT2D eigenvalue weighted by atomic mass is 15.2. The average Bonchev–Trinajstić information content (AvgIpc) is 3.07. The molecule has 1 aliphatic rings. The molecule has 0 radical (unpaired) electrons. The molecule has 0 bridgehead atoms. The number of anilines is 1. The monoisotopic (exact) mass is 403 g/mol. The highest BCUT2D eigenvalue weighted by molar-refractivity contribution is 5.96. The van der Waals surface area contributed by atoms with E-state index in [1.807, 2.05) is 38.2 Å². The predicted molar refractivity (Wildman–Crippen MR) is 128 cm³/mol. The molecule has 0 amide bonds. The van der Waals surface area contributed by atoms with Crippen LogP contribution in [0.5, 0.6) is 0 Å². The fourth-order valence-electron chi connectivity index (χ4n) is 4.00. The fourth-order valence-corrected chi connectivity index (χ4v) is 4.00. The maximum atomic E-state index is 4.62. The molecule has 2 aromatic rings. The third-order valence-corrected chi connectivity index (χ3v) is 5.49. The van der Waals surface area contributed by atoms with Crippen molar-refractivity contribution < 1.29 is 0 Å². The number of pyridine rings is 1. The summed E-state index contributed by atoms with van der Waals surface area (Å²) in [7, 11) is 5.75.